The molecule has 3 aromatic rings. The highest BCUT2D eigenvalue weighted by atomic mass is 16.5. The number of nitrogens with one attached hydrogen (secondary N) is 3. The van der Waals surface area contributed by atoms with Gasteiger partial charge in [-0.1, -0.05) is 19.3 Å². The van der Waals surface area contributed by atoms with Crippen LogP contribution in [0, 0.1) is 12.1 Å². The number of aromatic amines is 1. The number of aromatic nitrogens is 5. The van der Waals surface area contributed by atoms with Crippen molar-refractivity contribution >= 4 is 28.6 Å². The Bertz CT molecular complexity index is 1070. The van der Waals surface area contributed by atoms with Gasteiger partial charge in [0.25, 0.3) is 11.7 Å². The molecule has 0 radical (unpaired) electrons. The molecule has 2 aliphatic rings. The van der Waals surface area contributed by atoms with E-state index in [0.29, 0.717) is 33.9 Å². The van der Waals surface area contributed by atoms with Gasteiger partial charge in [0.1, 0.15) is 22.9 Å². The molecule has 1 fully saturated rings. The number of hydrogen-bond donors (Lipinski definition) is 3. The smallest absolute Gasteiger partial charge is 0.284 e. The van der Waals surface area contributed by atoms with Gasteiger partial charge in [-0.25, -0.2) is 15.0 Å². The summed E-state index contributed by atoms with van der Waals surface area (Å²) < 4.78 is 0.861. The number of hydrogen-bond acceptors (Lipinski definition) is 6. The number of anilines is 2. The first kappa shape index (κ1) is 16.0. The Labute approximate surface area is 154 Å². The number of amides is 1. The third-order valence-corrected chi connectivity index (χ3v) is 5.64. The number of H-pyrrole nitrogens is 1. The van der Waals surface area contributed by atoms with Crippen molar-refractivity contribution in [3.8, 4) is 0 Å². The molecule has 9 heteroatoms. The van der Waals surface area contributed by atoms with Crippen molar-refractivity contribution < 1.29 is 9.52 Å². The molecule has 0 atom stereocenters. The van der Waals surface area contributed by atoms with E-state index in [4.69, 9.17) is 0 Å². The molecule has 1 aliphatic heterocycles. The molecule has 1 spiro atoms. The fraction of sp³-hybridized carbons (Fsp3) is 0.389. The molecule has 0 bridgehead atoms. The van der Waals surface area contributed by atoms with E-state index in [-0.39, 0.29) is 5.91 Å². The average molecular weight is 365 g/mol. The van der Waals surface area contributed by atoms with Gasteiger partial charge >= 0.3 is 0 Å². The van der Waals surface area contributed by atoms with E-state index in [1.807, 2.05) is 6.92 Å². The molecule has 1 saturated carbocycles. The third kappa shape index (κ3) is 2.27. The molecule has 5 rings (SSSR count). The molecule has 1 aliphatic carbocycles. The largest absolute Gasteiger partial charge is 0.710 e. The molecule has 3 N–H and O–H groups in total. The van der Waals surface area contributed by atoms with Crippen LogP contribution in [0.4, 0.5) is 11.6 Å². The summed E-state index contributed by atoms with van der Waals surface area (Å²) >= 11 is 0. The fourth-order valence-corrected chi connectivity index (χ4v) is 4.39. The first-order valence-electron chi connectivity index (χ1n) is 9.10. The van der Waals surface area contributed by atoms with Crippen molar-refractivity contribution in [3.05, 3.63) is 40.6 Å². The highest BCUT2D eigenvalue weighted by molar-refractivity contribution is 6.00. The Balaban J connectivity index is 1.65. The maximum absolute atomic E-state index is 13.3. The van der Waals surface area contributed by atoms with Crippen LogP contribution in [-0.4, -0.2) is 26.1 Å². The maximum atomic E-state index is 13.3. The summed E-state index contributed by atoms with van der Waals surface area (Å²) in [5.74, 6) is 0.682. The lowest BCUT2D eigenvalue weighted by molar-refractivity contribution is -0.603. The van der Waals surface area contributed by atoms with E-state index < -0.39 is 5.54 Å². The summed E-state index contributed by atoms with van der Waals surface area (Å²) in [6.45, 7) is 1.86. The summed E-state index contributed by atoms with van der Waals surface area (Å²) in [6, 6.07) is 1.70. The standard InChI is InChI=1S/C18H19N7O2/c1-10-7-12(22-15-11-8-21-24-16(11)20-9-19-15)25(27)14-13(10)17(26)23-18(14)5-3-2-4-6-18/h7-9H,2-6H2,1H3,(H,23,26)(H2,19,20,21,22,24). The van der Waals surface area contributed by atoms with E-state index in [1.165, 1.54) is 6.33 Å². The monoisotopic (exact) mass is 365 g/mol. The molecule has 1 amide bonds. The van der Waals surface area contributed by atoms with Gasteiger partial charge in [-0.05, 0) is 25.3 Å². The highest BCUT2D eigenvalue weighted by Crippen LogP contribution is 2.42. The second kappa shape index (κ2) is 5.63. The Hall–Kier alpha value is -3.23. The van der Waals surface area contributed by atoms with Gasteiger partial charge in [0.15, 0.2) is 5.65 Å². The summed E-state index contributed by atoms with van der Waals surface area (Å²) in [4.78, 5) is 21.0. The van der Waals surface area contributed by atoms with Gasteiger partial charge < -0.3 is 10.5 Å². The molecule has 4 heterocycles. The average Bonchev–Trinajstić information content (AvgIpc) is 3.24. The van der Waals surface area contributed by atoms with Crippen LogP contribution < -0.4 is 15.4 Å². The minimum atomic E-state index is -0.564. The molecule has 0 aromatic carbocycles. The van der Waals surface area contributed by atoms with Crippen LogP contribution in [0.5, 0.6) is 0 Å². The van der Waals surface area contributed by atoms with E-state index >= 15 is 0 Å². The number of pyridine rings is 1. The van der Waals surface area contributed by atoms with E-state index in [1.54, 1.807) is 12.3 Å². The van der Waals surface area contributed by atoms with Crippen LogP contribution in [0.25, 0.3) is 11.0 Å². The van der Waals surface area contributed by atoms with Gasteiger partial charge in [0.2, 0.25) is 5.82 Å². The topological polar surface area (TPSA) is 123 Å². The number of fused-ring (bicyclic) bond motifs is 3. The van der Waals surface area contributed by atoms with E-state index in [9.17, 15) is 10.0 Å². The zero-order valence-corrected chi connectivity index (χ0v) is 14.9. The van der Waals surface area contributed by atoms with E-state index in [0.717, 1.165) is 42.4 Å². The number of aryl methyl sites for hydroxylation is 1. The predicted molar refractivity (Wildman–Crippen MR) is 97.3 cm³/mol. The second-order valence-corrected chi connectivity index (χ2v) is 7.31. The Morgan fingerprint density at radius 2 is 2.07 bits per heavy atom. The van der Waals surface area contributed by atoms with E-state index in [2.05, 4.69) is 30.8 Å². The molecular formula is C18H19N7O2. The maximum Gasteiger partial charge on any atom is 0.284 e. The number of nitrogens with zero attached hydrogens (tertiary/aromatic N) is 4. The minimum absolute atomic E-state index is 0.153. The molecule has 0 saturated heterocycles. The Morgan fingerprint density at radius 1 is 1.26 bits per heavy atom. The van der Waals surface area contributed by atoms with Gasteiger partial charge in [-0.3, -0.25) is 9.89 Å². The second-order valence-electron chi connectivity index (χ2n) is 7.31. The lowest BCUT2D eigenvalue weighted by Gasteiger charge is -2.34. The lowest BCUT2D eigenvalue weighted by atomic mass is 9.79. The van der Waals surface area contributed by atoms with Gasteiger partial charge in [-0.2, -0.15) is 10.1 Å². The highest BCUT2D eigenvalue weighted by Gasteiger charge is 2.48. The number of rotatable bonds is 2. The zero-order chi connectivity index (χ0) is 18.6. The summed E-state index contributed by atoms with van der Waals surface area (Å²) in [6.07, 6.45) is 7.72. The predicted octanol–water partition coefficient (Wildman–Crippen LogP) is 1.94. The first-order chi connectivity index (χ1) is 13.1. The van der Waals surface area contributed by atoms with Crippen LogP contribution in [0.3, 0.4) is 0 Å². The van der Waals surface area contributed by atoms with Crippen molar-refractivity contribution in [2.45, 2.75) is 44.6 Å². The molecule has 138 valence electrons. The normalized spacial score (nSPS) is 17.9. The molecule has 9 nitrogen and oxygen atoms in total. The summed E-state index contributed by atoms with van der Waals surface area (Å²) in [7, 11) is 0. The summed E-state index contributed by atoms with van der Waals surface area (Å²) in [5.41, 5.74) is 1.84. The van der Waals surface area contributed by atoms with Gasteiger partial charge in [-0.15, -0.1) is 0 Å². The van der Waals surface area contributed by atoms with Gasteiger partial charge in [0, 0.05) is 6.07 Å². The van der Waals surface area contributed by atoms with Crippen LogP contribution >= 0.6 is 0 Å². The van der Waals surface area contributed by atoms with Crippen LogP contribution in [0.1, 0.15) is 53.7 Å². The quantitative estimate of drug-likeness (QED) is 0.471. The molecule has 0 unspecified atom stereocenters. The van der Waals surface area contributed by atoms with Crippen molar-refractivity contribution in [1.29, 1.82) is 0 Å². The Kier molecular flexibility index (Phi) is 3.33. The third-order valence-electron chi connectivity index (χ3n) is 5.64. The minimum Gasteiger partial charge on any atom is -0.710 e. The molecular weight excluding hydrogens is 346 g/mol. The van der Waals surface area contributed by atoms with Crippen LogP contribution in [0.2, 0.25) is 0 Å². The van der Waals surface area contributed by atoms with Crippen LogP contribution in [0.15, 0.2) is 18.6 Å². The lowest BCUT2D eigenvalue weighted by Crippen LogP contribution is -2.49. The fourth-order valence-electron chi connectivity index (χ4n) is 4.39. The van der Waals surface area contributed by atoms with Gasteiger partial charge in [0.05, 0.1) is 11.8 Å². The first-order valence-corrected chi connectivity index (χ1v) is 9.10. The summed E-state index contributed by atoms with van der Waals surface area (Å²) in [5, 5.41) is 27.0. The zero-order valence-electron chi connectivity index (χ0n) is 14.9. The molecule has 3 aromatic heterocycles. The van der Waals surface area contributed by atoms with Crippen molar-refractivity contribution in [2.75, 3.05) is 5.32 Å². The van der Waals surface area contributed by atoms with Crippen molar-refractivity contribution in [1.82, 2.24) is 25.5 Å². The molecule has 27 heavy (non-hydrogen) atoms. The SMILES string of the molecule is Cc1cc(Nc2ncnc3[nH]ncc23)[n+]([O-])c2c1C(=O)NC21CCCCC1. The van der Waals surface area contributed by atoms with Crippen molar-refractivity contribution in [3.63, 3.8) is 0 Å². The van der Waals surface area contributed by atoms with Crippen LogP contribution in [-0.2, 0) is 5.54 Å². The Morgan fingerprint density at radius 3 is 2.89 bits per heavy atom. The number of carbonyl (C=O) groups excluding carboxylic acids is 1. The van der Waals surface area contributed by atoms with Crippen molar-refractivity contribution in [2.24, 2.45) is 0 Å². The number of carbonyl (C=O) groups is 1.